The van der Waals surface area contributed by atoms with Gasteiger partial charge in [-0.25, -0.2) is 4.98 Å². The highest BCUT2D eigenvalue weighted by molar-refractivity contribution is 5.75. The fourth-order valence-electron chi connectivity index (χ4n) is 1.32. The molecule has 5 heteroatoms. The second-order valence-corrected chi connectivity index (χ2v) is 3.06. The van der Waals surface area contributed by atoms with Crippen LogP contribution in [0.4, 0.5) is 8.78 Å². The second kappa shape index (κ2) is 3.05. The number of nitrogens with zero attached hydrogens (tertiary/aromatic N) is 2. The zero-order valence-electron chi connectivity index (χ0n) is 7.69. The first-order valence-corrected chi connectivity index (χ1v) is 4.25. The molecule has 3 nitrogen and oxygen atoms in total. The van der Waals surface area contributed by atoms with Gasteiger partial charge in [0.05, 0.1) is 5.52 Å². The zero-order valence-corrected chi connectivity index (χ0v) is 7.69. The summed E-state index contributed by atoms with van der Waals surface area (Å²) in [6.45, 7) is 3.01. The molecule has 2 rings (SSSR count). The lowest BCUT2D eigenvalue weighted by Crippen LogP contribution is -2.15. The number of halogens is 2. The van der Waals surface area contributed by atoms with Gasteiger partial charge in [-0.1, -0.05) is 18.7 Å². The lowest BCUT2D eigenvalue weighted by Gasteiger charge is -2.08. The first kappa shape index (κ1) is 9.64. The molecule has 1 N–H and O–H groups in total. The topological polar surface area (TPSA) is 38.0 Å². The van der Waals surface area contributed by atoms with Gasteiger partial charge in [-0.2, -0.15) is 13.5 Å². The molecular weight excluding hydrogens is 202 g/mol. The Labute approximate surface area is 84.2 Å². The molecule has 0 spiro atoms. The highest BCUT2D eigenvalue weighted by Gasteiger charge is 2.34. The normalized spacial score (nSPS) is 11.9. The van der Waals surface area contributed by atoms with Crippen LogP contribution in [0.25, 0.3) is 11.0 Å². The Kier molecular flexibility index (Phi) is 1.96. The summed E-state index contributed by atoms with van der Waals surface area (Å²) in [6.07, 6.45) is 0.445. The minimum absolute atomic E-state index is 0.244. The van der Waals surface area contributed by atoms with E-state index in [-0.39, 0.29) is 5.52 Å². The van der Waals surface area contributed by atoms with E-state index in [1.165, 1.54) is 6.07 Å². The Morgan fingerprint density at radius 3 is 2.67 bits per heavy atom. The maximum atomic E-state index is 13.2. The van der Waals surface area contributed by atoms with Gasteiger partial charge in [0.1, 0.15) is 5.52 Å². The number of imidazole rings is 1. The van der Waals surface area contributed by atoms with Crippen LogP contribution in [0, 0.1) is 0 Å². The van der Waals surface area contributed by atoms with E-state index in [0.717, 1.165) is 0 Å². The maximum Gasteiger partial charge on any atom is 0.326 e. The van der Waals surface area contributed by atoms with E-state index in [2.05, 4.69) is 11.6 Å². The summed E-state index contributed by atoms with van der Waals surface area (Å²) < 4.78 is 26.8. The Morgan fingerprint density at radius 1 is 1.40 bits per heavy atom. The molecule has 0 atom stereocenters. The molecule has 1 heterocycles. The van der Waals surface area contributed by atoms with Gasteiger partial charge in [-0.05, 0) is 18.2 Å². The number of para-hydroxylation sites is 2. The standard InChI is InChI=1S/C10H8F2N2O/c1-2-10(11,12)9-13-7-5-3-4-6-8(7)14(9)15/h2-6,15H,1H2. The Balaban J connectivity index is 2.73. The lowest BCUT2D eigenvalue weighted by atomic mass is 10.3. The van der Waals surface area contributed by atoms with Gasteiger partial charge in [0.2, 0.25) is 5.82 Å². The van der Waals surface area contributed by atoms with Crippen molar-refractivity contribution in [2.45, 2.75) is 5.92 Å². The SMILES string of the molecule is C=CC(F)(F)c1nc2ccccc2n1O. The van der Waals surface area contributed by atoms with Crippen molar-refractivity contribution in [3.05, 3.63) is 42.7 Å². The molecule has 0 bridgehead atoms. The number of rotatable bonds is 2. The van der Waals surface area contributed by atoms with E-state index >= 15 is 0 Å². The van der Waals surface area contributed by atoms with Gasteiger partial charge < -0.3 is 5.21 Å². The summed E-state index contributed by atoms with van der Waals surface area (Å²) in [4.78, 5) is 3.65. The molecule has 15 heavy (non-hydrogen) atoms. The fourth-order valence-corrected chi connectivity index (χ4v) is 1.32. The summed E-state index contributed by atoms with van der Waals surface area (Å²) in [5.74, 6) is -4.06. The summed E-state index contributed by atoms with van der Waals surface area (Å²) in [6, 6.07) is 6.34. The van der Waals surface area contributed by atoms with Crippen LogP contribution >= 0.6 is 0 Å². The maximum absolute atomic E-state index is 13.2. The van der Waals surface area contributed by atoms with Gasteiger partial charge in [0.15, 0.2) is 0 Å². The first-order chi connectivity index (χ1) is 7.06. The third-order valence-electron chi connectivity index (χ3n) is 2.09. The third kappa shape index (κ3) is 1.36. The van der Waals surface area contributed by atoms with Crippen LogP contribution in [0.15, 0.2) is 36.9 Å². The number of alkyl halides is 2. The van der Waals surface area contributed by atoms with E-state index in [9.17, 15) is 14.0 Å². The molecule has 0 unspecified atom stereocenters. The summed E-state index contributed by atoms with van der Waals surface area (Å²) in [7, 11) is 0. The molecule has 0 amide bonds. The van der Waals surface area contributed by atoms with Crippen LogP contribution in [-0.4, -0.2) is 14.9 Å². The van der Waals surface area contributed by atoms with Crippen molar-refractivity contribution in [2.24, 2.45) is 0 Å². The molecule has 0 radical (unpaired) electrons. The van der Waals surface area contributed by atoms with Crippen LogP contribution in [0.1, 0.15) is 5.82 Å². The highest BCUT2D eigenvalue weighted by Crippen LogP contribution is 2.29. The van der Waals surface area contributed by atoms with Crippen LogP contribution < -0.4 is 0 Å². The van der Waals surface area contributed by atoms with E-state index in [4.69, 9.17) is 0 Å². The quantitative estimate of drug-likeness (QED) is 0.611. The predicted molar refractivity (Wildman–Crippen MR) is 51.0 cm³/mol. The number of benzene rings is 1. The molecule has 0 saturated carbocycles. The number of hydrogen-bond acceptors (Lipinski definition) is 2. The third-order valence-corrected chi connectivity index (χ3v) is 2.09. The van der Waals surface area contributed by atoms with E-state index in [1.54, 1.807) is 18.2 Å². The van der Waals surface area contributed by atoms with Crippen molar-refractivity contribution in [3.63, 3.8) is 0 Å². The van der Waals surface area contributed by atoms with Crippen molar-refractivity contribution < 1.29 is 14.0 Å². The van der Waals surface area contributed by atoms with E-state index < -0.39 is 11.7 Å². The van der Waals surface area contributed by atoms with E-state index in [0.29, 0.717) is 16.3 Å². The molecule has 1 aromatic carbocycles. The summed E-state index contributed by atoms with van der Waals surface area (Å²) in [5, 5.41) is 9.48. The van der Waals surface area contributed by atoms with Gasteiger partial charge in [-0.3, -0.25) is 0 Å². The minimum Gasteiger partial charge on any atom is -0.426 e. The van der Waals surface area contributed by atoms with E-state index in [1.807, 2.05) is 0 Å². The van der Waals surface area contributed by atoms with Crippen LogP contribution in [-0.2, 0) is 5.92 Å². The highest BCUT2D eigenvalue weighted by atomic mass is 19.3. The van der Waals surface area contributed by atoms with Crippen molar-refractivity contribution in [2.75, 3.05) is 0 Å². The van der Waals surface area contributed by atoms with Crippen LogP contribution in [0.3, 0.4) is 0 Å². The number of fused-ring (bicyclic) bond motifs is 1. The summed E-state index contributed by atoms with van der Waals surface area (Å²) >= 11 is 0. The number of hydrogen-bond donors (Lipinski definition) is 1. The zero-order chi connectivity index (χ0) is 11.1. The second-order valence-electron chi connectivity index (χ2n) is 3.06. The van der Waals surface area contributed by atoms with Crippen LogP contribution in [0.5, 0.6) is 0 Å². The largest absolute Gasteiger partial charge is 0.426 e. The van der Waals surface area contributed by atoms with Crippen molar-refractivity contribution in [1.82, 2.24) is 9.71 Å². The molecule has 1 aromatic heterocycles. The molecule has 0 aliphatic heterocycles. The fraction of sp³-hybridized carbons (Fsp3) is 0.100. The monoisotopic (exact) mass is 210 g/mol. The lowest BCUT2D eigenvalue weighted by molar-refractivity contribution is 0.0180. The van der Waals surface area contributed by atoms with Gasteiger partial charge in [0, 0.05) is 0 Å². The average molecular weight is 210 g/mol. The van der Waals surface area contributed by atoms with Gasteiger partial charge in [-0.15, -0.1) is 0 Å². The molecule has 2 aromatic rings. The smallest absolute Gasteiger partial charge is 0.326 e. The minimum atomic E-state index is -3.34. The van der Waals surface area contributed by atoms with Crippen molar-refractivity contribution in [1.29, 1.82) is 0 Å². The number of allylic oxidation sites excluding steroid dienone is 1. The van der Waals surface area contributed by atoms with Crippen LogP contribution in [0.2, 0.25) is 0 Å². The molecule has 0 saturated heterocycles. The van der Waals surface area contributed by atoms with Crippen molar-refractivity contribution >= 4 is 11.0 Å². The van der Waals surface area contributed by atoms with Gasteiger partial charge in [0.25, 0.3) is 0 Å². The Morgan fingerprint density at radius 2 is 2.07 bits per heavy atom. The first-order valence-electron chi connectivity index (χ1n) is 4.25. The van der Waals surface area contributed by atoms with Gasteiger partial charge >= 0.3 is 5.92 Å². The molecule has 0 aliphatic rings. The Hall–Kier alpha value is -1.91. The summed E-state index contributed by atoms with van der Waals surface area (Å²) in [5.41, 5.74) is 0.561. The molecule has 0 fully saturated rings. The molecular formula is C10H8F2N2O. The molecule has 0 aliphatic carbocycles. The number of aromatic nitrogens is 2. The van der Waals surface area contributed by atoms with Crippen molar-refractivity contribution in [3.8, 4) is 0 Å². The predicted octanol–water partition coefficient (Wildman–Crippen LogP) is 2.55. The Bertz CT molecular complexity index is 519. The molecule has 78 valence electrons. The average Bonchev–Trinajstić information content (AvgIpc) is 2.58.